The summed E-state index contributed by atoms with van der Waals surface area (Å²) < 4.78 is 40.5. The highest BCUT2D eigenvalue weighted by molar-refractivity contribution is 7.92. The number of carbonyl (C=O) groups is 2. The summed E-state index contributed by atoms with van der Waals surface area (Å²) in [6.07, 6.45) is 6.10. The van der Waals surface area contributed by atoms with Crippen LogP contribution in [0.4, 0.5) is 10.1 Å². The topological polar surface area (TPSA) is 86.8 Å². The third-order valence-electron chi connectivity index (χ3n) is 7.24. The van der Waals surface area contributed by atoms with Crippen LogP contribution in [0.1, 0.15) is 43.2 Å². The zero-order chi connectivity index (χ0) is 29.4. The molecular weight excluding hydrogens is 565 g/mol. The van der Waals surface area contributed by atoms with Crippen molar-refractivity contribution in [3.8, 4) is 0 Å². The predicted molar refractivity (Wildman–Crippen MR) is 160 cm³/mol. The van der Waals surface area contributed by atoms with Crippen molar-refractivity contribution in [2.75, 3.05) is 17.1 Å². The standard InChI is InChI=1S/C31H35ClFN3O4S/c1-41(39,40)36(28-17-9-14-26(33)20-28)22-30(37)35(21-24-12-8-13-25(32)18-24)29(19-23-10-4-2-5-11-23)31(38)34-27-15-6-3-7-16-27/h2,4-5,8-14,17-18,20,27,29H,3,6-7,15-16,19,21-22H2,1H3,(H,34,38)/t29-/m0/s1. The summed E-state index contributed by atoms with van der Waals surface area (Å²) in [6, 6.07) is 20.5. The summed E-state index contributed by atoms with van der Waals surface area (Å²) in [7, 11) is -3.97. The van der Waals surface area contributed by atoms with Gasteiger partial charge in [0.15, 0.2) is 0 Å². The highest BCUT2D eigenvalue weighted by Crippen LogP contribution is 2.23. The fourth-order valence-electron chi connectivity index (χ4n) is 5.18. The van der Waals surface area contributed by atoms with Gasteiger partial charge >= 0.3 is 0 Å². The average molecular weight is 600 g/mol. The summed E-state index contributed by atoms with van der Waals surface area (Å²) in [6.45, 7) is -0.583. The van der Waals surface area contributed by atoms with Gasteiger partial charge in [0.2, 0.25) is 21.8 Å². The van der Waals surface area contributed by atoms with Gasteiger partial charge in [-0.05, 0) is 54.3 Å². The van der Waals surface area contributed by atoms with Crippen molar-refractivity contribution in [2.45, 2.75) is 57.2 Å². The van der Waals surface area contributed by atoms with E-state index in [0.29, 0.717) is 10.6 Å². The van der Waals surface area contributed by atoms with E-state index in [1.807, 2.05) is 30.3 Å². The molecule has 1 aliphatic rings. The second-order valence-electron chi connectivity index (χ2n) is 10.5. The molecule has 0 unspecified atom stereocenters. The van der Waals surface area contributed by atoms with E-state index < -0.39 is 34.3 Å². The van der Waals surface area contributed by atoms with Gasteiger partial charge in [0, 0.05) is 24.0 Å². The van der Waals surface area contributed by atoms with Crippen LogP contribution in [-0.4, -0.2) is 50.0 Å². The zero-order valence-corrected chi connectivity index (χ0v) is 24.6. The Kier molecular flexibility index (Phi) is 10.4. The molecule has 218 valence electrons. The van der Waals surface area contributed by atoms with Crippen molar-refractivity contribution in [1.29, 1.82) is 0 Å². The number of nitrogens with one attached hydrogen (secondary N) is 1. The molecule has 0 bridgehead atoms. The molecule has 0 radical (unpaired) electrons. The molecule has 1 N–H and O–H groups in total. The van der Waals surface area contributed by atoms with Crippen molar-refractivity contribution in [2.24, 2.45) is 0 Å². The minimum Gasteiger partial charge on any atom is -0.352 e. The van der Waals surface area contributed by atoms with E-state index in [0.717, 1.165) is 54.3 Å². The predicted octanol–water partition coefficient (Wildman–Crippen LogP) is 5.33. The van der Waals surface area contributed by atoms with Crippen LogP contribution < -0.4 is 9.62 Å². The molecule has 1 aliphatic carbocycles. The van der Waals surface area contributed by atoms with Crippen molar-refractivity contribution in [3.63, 3.8) is 0 Å². The summed E-state index contributed by atoms with van der Waals surface area (Å²) in [5, 5.41) is 3.63. The van der Waals surface area contributed by atoms with Gasteiger partial charge in [-0.2, -0.15) is 0 Å². The monoisotopic (exact) mass is 599 g/mol. The maximum absolute atomic E-state index is 14.1. The molecule has 41 heavy (non-hydrogen) atoms. The molecule has 1 fully saturated rings. The molecule has 4 rings (SSSR count). The van der Waals surface area contributed by atoms with Gasteiger partial charge < -0.3 is 10.2 Å². The zero-order valence-electron chi connectivity index (χ0n) is 23.0. The number of halogens is 2. The van der Waals surface area contributed by atoms with E-state index in [2.05, 4.69) is 5.32 Å². The molecule has 0 aromatic heterocycles. The first-order chi connectivity index (χ1) is 19.6. The Hall–Kier alpha value is -3.43. The summed E-state index contributed by atoms with van der Waals surface area (Å²) in [5.41, 5.74) is 1.56. The molecule has 1 saturated carbocycles. The lowest BCUT2D eigenvalue weighted by molar-refractivity contribution is -0.140. The van der Waals surface area contributed by atoms with Crippen LogP contribution in [0.2, 0.25) is 5.02 Å². The Labute approximate surface area is 246 Å². The number of hydrogen-bond acceptors (Lipinski definition) is 4. The number of hydrogen-bond donors (Lipinski definition) is 1. The number of benzene rings is 3. The molecule has 0 aliphatic heterocycles. The second-order valence-corrected chi connectivity index (χ2v) is 12.8. The van der Waals surface area contributed by atoms with Gasteiger partial charge in [0.1, 0.15) is 18.4 Å². The van der Waals surface area contributed by atoms with Crippen LogP contribution in [-0.2, 0) is 32.6 Å². The molecule has 7 nitrogen and oxygen atoms in total. The summed E-state index contributed by atoms with van der Waals surface area (Å²) in [5.74, 6) is -1.53. The third kappa shape index (κ3) is 8.78. The number of nitrogens with zero attached hydrogens (tertiary/aromatic N) is 2. The lowest BCUT2D eigenvalue weighted by Gasteiger charge is -2.35. The van der Waals surface area contributed by atoms with E-state index in [-0.39, 0.29) is 30.6 Å². The lowest BCUT2D eigenvalue weighted by Crippen LogP contribution is -2.55. The molecule has 1 atom stereocenters. The second kappa shape index (κ2) is 14.0. The highest BCUT2D eigenvalue weighted by atomic mass is 35.5. The summed E-state index contributed by atoms with van der Waals surface area (Å²) in [4.78, 5) is 29.4. The number of amides is 2. The van der Waals surface area contributed by atoms with Gasteiger partial charge in [-0.15, -0.1) is 0 Å². The van der Waals surface area contributed by atoms with E-state index in [9.17, 15) is 22.4 Å². The molecule has 0 saturated heterocycles. The Morgan fingerprint density at radius 3 is 2.29 bits per heavy atom. The van der Waals surface area contributed by atoms with Crippen molar-refractivity contribution < 1.29 is 22.4 Å². The Morgan fingerprint density at radius 1 is 0.951 bits per heavy atom. The minimum absolute atomic E-state index is 0.0115. The fraction of sp³-hybridized carbons (Fsp3) is 0.355. The molecule has 0 spiro atoms. The van der Waals surface area contributed by atoms with Crippen LogP contribution in [0.3, 0.4) is 0 Å². The van der Waals surface area contributed by atoms with Gasteiger partial charge in [-0.25, -0.2) is 12.8 Å². The SMILES string of the molecule is CS(=O)(=O)N(CC(=O)N(Cc1cccc(Cl)c1)[C@@H](Cc1ccccc1)C(=O)NC1CCCCC1)c1cccc(F)c1. The number of carbonyl (C=O) groups excluding carboxylic acids is 2. The smallest absolute Gasteiger partial charge is 0.244 e. The molecule has 3 aromatic rings. The van der Waals surface area contributed by atoms with Crippen LogP contribution >= 0.6 is 11.6 Å². The van der Waals surface area contributed by atoms with Crippen LogP contribution in [0.25, 0.3) is 0 Å². The quantitative estimate of drug-likeness (QED) is 0.323. The van der Waals surface area contributed by atoms with Crippen LogP contribution in [0, 0.1) is 5.82 Å². The van der Waals surface area contributed by atoms with Gasteiger partial charge in [0.25, 0.3) is 0 Å². The van der Waals surface area contributed by atoms with Gasteiger partial charge in [-0.1, -0.05) is 79.4 Å². The maximum atomic E-state index is 14.1. The lowest BCUT2D eigenvalue weighted by atomic mass is 9.94. The molecule has 2 amide bonds. The Balaban J connectivity index is 1.72. The Bertz CT molecular complexity index is 1450. The molecule has 10 heteroatoms. The highest BCUT2D eigenvalue weighted by Gasteiger charge is 2.34. The van der Waals surface area contributed by atoms with Crippen molar-refractivity contribution >= 4 is 39.1 Å². The summed E-state index contributed by atoms with van der Waals surface area (Å²) >= 11 is 6.24. The van der Waals surface area contributed by atoms with Crippen molar-refractivity contribution in [1.82, 2.24) is 10.2 Å². The molecule has 3 aromatic carbocycles. The molecule has 0 heterocycles. The minimum atomic E-state index is -3.97. The van der Waals surface area contributed by atoms with E-state index in [1.54, 1.807) is 24.3 Å². The van der Waals surface area contributed by atoms with E-state index in [4.69, 9.17) is 11.6 Å². The van der Waals surface area contributed by atoms with Crippen LogP contribution in [0.15, 0.2) is 78.9 Å². The normalized spacial score (nSPS) is 14.7. The first-order valence-electron chi connectivity index (χ1n) is 13.7. The van der Waals surface area contributed by atoms with Gasteiger partial charge in [0.05, 0.1) is 11.9 Å². The Morgan fingerprint density at radius 2 is 1.63 bits per heavy atom. The fourth-order valence-corrected chi connectivity index (χ4v) is 6.23. The molecular formula is C31H35ClFN3O4S. The van der Waals surface area contributed by atoms with Crippen LogP contribution in [0.5, 0.6) is 0 Å². The number of sulfonamides is 1. The first kappa shape index (κ1) is 30.5. The number of rotatable bonds is 11. The third-order valence-corrected chi connectivity index (χ3v) is 8.62. The van der Waals surface area contributed by atoms with E-state index in [1.165, 1.54) is 23.1 Å². The first-order valence-corrected chi connectivity index (χ1v) is 15.9. The average Bonchev–Trinajstić information content (AvgIpc) is 2.94. The van der Waals surface area contributed by atoms with Gasteiger partial charge in [-0.3, -0.25) is 13.9 Å². The van der Waals surface area contributed by atoms with E-state index >= 15 is 0 Å². The maximum Gasteiger partial charge on any atom is 0.244 e. The largest absolute Gasteiger partial charge is 0.352 e. The van der Waals surface area contributed by atoms with Crippen molar-refractivity contribution in [3.05, 3.63) is 101 Å². The number of anilines is 1.